The van der Waals surface area contributed by atoms with Gasteiger partial charge in [0, 0.05) is 6.54 Å². The fraction of sp³-hybridized carbons (Fsp3) is 0.357. The number of nitrogens with one attached hydrogen (secondary N) is 1. The third-order valence-electron chi connectivity index (χ3n) is 3.06. The van der Waals surface area contributed by atoms with Crippen molar-refractivity contribution in [1.29, 1.82) is 0 Å². The van der Waals surface area contributed by atoms with Crippen molar-refractivity contribution in [2.45, 2.75) is 19.5 Å². The minimum atomic E-state index is 0.0867. The molecule has 96 valence electrons. The molecule has 2 rings (SSSR count). The second kappa shape index (κ2) is 5.69. The van der Waals surface area contributed by atoms with Gasteiger partial charge >= 0.3 is 0 Å². The number of aromatic nitrogens is 2. The van der Waals surface area contributed by atoms with E-state index in [1.807, 2.05) is 29.9 Å². The summed E-state index contributed by atoms with van der Waals surface area (Å²) >= 11 is 0. The quantitative estimate of drug-likeness (QED) is 0.878. The molecule has 4 heteroatoms. The average Bonchev–Trinajstić information content (AvgIpc) is 2.84. The van der Waals surface area contributed by atoms with E-state index in [1.165, 1.54) is 5.56 Å². The van der Waals surface area contributed by atoms with Gasteiger partial charge < -0.3 is 10.1 Å². The van der Waals surface area contributed by atoms with Gasteiger partial charge in [0.1, 0.15) is 5.69 Å². The summed E-state index contributed by atoms with van der Waals surface area (Å²) in [7, 11) is 3.63. The summed E-state index contributed by atoms with van der Waals surface area (Å²) in [5.74, 6) is 0.819. The number of ether oxygens (including phenoxy) is 1. The van der Waals surface area contributed by atoms with Crippen molar-refractivity contribution in [1.82, 2.24) is 15.1 Å². The summed E-state index contributed by atoms with van der Waals surface area (Å²) in [5, 5.41) is 7.68. The van der Waals surface area contributed by atoms with Crippen molar-refractivity contribution in [3.8, 4) is 5.75 Å². The Morgan fingerprint density at radius 3 is 2.61 bits per heavy atom. The number of hydrogen-bond donors (Lipinski definition) is 1. The predicted molar refractivity (Wildman–Crippen MR) is 71.8 cm³/mol. The van der Waals surface area contributed by atoms with Crippen LogP contribution in [0.4, 0.5) is 0 Å². The summed E-state index contributed by atoms with van der Waals surface area (Å²) in [4.78, 5) is 0. The van der Waals surface area contributed by atoms with Crippen molar-refractivity contribution in [3.05, 3.63) is 47.8 Å². The smallest absolute Gasteiger partial charge is 0.161 e. The van der Waals surface area contributed by atoms with Gasteiger partial charge in [0.25, 0.3) is 0 Å². The van der Waals surface area contributed by atoms with Crippen molar-refractivity contribution >= 4 is 0 Å². The zero-order valence-electron chi connectivity index (χ0n) is 11.1. The Bertz CT molecular complexity index is 471. The first kappa shape index (κ1) is 12.6. The van der Waals surface area contributed by atoms with E-state index in [0.717, 1.165) is 18.0 Å². The van der Waals surface area contributed by atoms with Gasteiger partial charge in [-0.25, -0.2) is 0 Å². The van der Waals surface area contributed by atoms with Gasteiger partial charge in [-0.15, -0.1) is 0 Å². The Morgan fingerprint density at radius 1 is 1.33 bits per heavy atom. The maximum Gasteiger partial charge on any atom is 0.161 e. The lowest BCUT2D eigenvalue weighted by Gasteiger charge is -2.19. The van der Waals surface area contributed by atoms with Gasteiger partial charge in [0.05, 0.1) is 19.3 Å². The second-order valence-electron chi connectivity index (χ2n) is 4.05. The molecule has 0 bridgehead atoms. The lowest BCUT2D eigenvalue weighted by molar-refractivity contribution is 0.401. The van der Waals surface area contributed by atoms with E-state index in [1.54, 1.807) is 13.3 Å². The molecule has 1 aromatic carbocycles. The van der Waals surface area contributed by atoms with Crippen LogP contribution < -0.4 is 10.1 Å². The highest BCUT2D eigenvalue weighted by Crippen LogP contribution is 2.29. The maximum atomic E-state index is 5.41. The average molecular weight is 245 g/mol. The molecule has 1 aromatic heterocycles. The molecular formula is C14H19N3O. The van der Waals surface area contributed by atoms with E-state index >= 15 is 0 Å². The van der Waals surface area contributed by atoms with Crippen LogP contribution in [-0.4, -0.2) is 23.9 Å². The van der Waals surface area contributed by atoms with Gasteiger partial charge in [-0.3, -0.25) is 4.68 Å². The highest BCUT2D eigenvalue weighted by molar-refractivity contribution is 5.36. The molecule has 0 saturated heterocycles. The molecule has 0 aliphatic rings. The maximum absolute atomic E-state index is 5.41. The Hall–Kier alpha value is -1.81. The van der Waals surface area contributed by atoms with Crippen LogP contribution in [0.3, 0.4) is 0 Å². The van der Waals surface area contributed by atoms with Crippen molar-refractivity contribution in [3.63, 3.8) is 0 Å². The molecule has 2 aromatic rings. The van der Waals surface area contributed by atoms with Crippen LogP contribution in [0.5, 0.6) is 5.75 Å². The monoisotopic (exact) mass is 245 g/mol. The minimum absolute atomic E-state index is 0.0867. The largest absolute Gasteiger partial charge is 0.493 e. The summed E-state index contributed by atoms with van der Waals surface area (Å²) < 4.78 is 7.37. The zero-order chi connectivity index (χ0) is 13.0. The van der Waals surface area contributed by atoms with Gasteiger partial charge in [-0.05, 0) is 19.5 Å². The SMILES string of the molecule is CCn1ncc(OC)c1C(NC)c1ccccc1. The molecule has 0 spiro atoms. The molecule has 0 radical (unpaired) electrons. The lowest BCUT2D eigenvalue weighted by Crippen LogP contribution is -2.22. The first-order valence-electron chi connectivity index (χ1n) is 6.13. The molecule has 0 aliphatic heterocycles. The lowest BCUT2D eigenvalue weighted by atomic mass is 10.0. The van der Waals surface area contributed by atoms with Crippen LogP contribution in [0.15, 0.2) is 36.5 Å². The van der Waals surface area contributed by atoms with E-state index in [2.05, 4.69) is 29.5 Å². The number of rotatable bonds is 5. The molecule has 1 atom stereocenters. The molecule has 0 fully saturated rings. The summed E-state index contributed by atoms with van der Waals surface area (Å²) in [6, 6.07) is 10.4. The van der Waals surface area contributed by atoms with Crippen LogP contribution in [0.2, 0.25) is 0 Å². The van der Waals surface area contributed by atoms with Crippen LogP contribution in [0.25, 0.3) is 0 Å². The number of nitrogens with zero attached hydrogens (tertiary/aromatic N) is 2. The Labute approximate surface area is 108 Å². The molecule has 0 aliphatic carbocycles. The first-order valence-corrected chi connectivity index (χ1v) is 6.13. The van der Waals surface area contributed by atoms with E-state index in [9.17, 15) is 0 Å². The molecular weight excluding hydrogens is 226 g/mol. The minimum Gasteiger partial charge on any atom is -0.493 e. The second-order valence-corrected chi connectivity index (χ2v) is 4.05. The first-order chi connectivity index (χ1) is 8.81. The van der Waals surface area contributed by atoms with E-state index in [0.29, 0.717) is 0 Å². The van der Waals surface area contributed by atoms with Crippen molar-refractivity contribution in [2.75, 3.05) is 14.2 Å². The molecule has 4 nitrogen and oxygen atoms in total. The Kier molecular flexibility index (Phi) is 3.99. The van der Waals surface area contributed by atoms with Crippen molar-refractivity contribution < 1.29 is 4.74 Å². The van der Waals surface area contributed by atoms with Gasteiger partial charge in [0.2, 0.25) is 0 Å². The molecule has 1 heterocycles. The third kappa shape index (κ3) is 2.24. The third-order valence-corrected chi connectivity index (χ3v) is 3.06. The van der Waals surface area contributed by atoms with Gasteiger partial charge in [-0.1, -0.05) is 30.3 Å². The molecule has 0 amide bonds. The summed E-state index contributed by atoms with van der Waals surface area (Å²) in [5.41, 5.74) is 2.27. The molecule has 0 saturated carbocycles. The standard InChI is InChI=1S/C14H19N3O/c1-4-17-14(12(18-3)10-16-17)13(15-2)11-8-6-5-7-9-11/h5-10,13,15H,4H2,1-3H3. The highest BCUT2D eigenvalue weighted by atomic mass is 16.5. The van der Waals surface area contributed by atoms with Crippen molar-refractivity contribution in [2.24, 2.45) is 0 Å². The van der Waals surface area contributed by atoms with Gasteiger partial charge in [0.15, 0.2) is 5.75 Å². The predicted octanol–water partition coefficient (Wildman–Crippen LogP) is 2.22. The van der Waals surface area contributed by atoms with Gasteiger partial charge in [-0.2, -0.15) is 5.10 Å². The van der Waals surface area contributed by atoms with E-state index < -0.39 is 0 Å². The summed E-state index contributed by atoms with van der Waals surface area (Å²) in [6.45, 7) is 2.90. The Morgan fingerprint density at radius 2 is 2.06 bits per heavy atom. The van der Waals surface area contributed by atoms with Crippen LogP contribution >= 0.6 is 0 Å². The molecule has 1 N–H and O–H groups in total. The fourth-order valence-electron chi connectivity index (χ4n) is 2.18. The normalized spacial score (nSPS) is 12.4. The van der Waals surface area contributed by atoms with Crippen LogP contribution in [-0.2, 0) is 6.54 Å². The number of hydrogen-bond acceptors (Lipinski definition) is 3. The topological polar surface area (TPSA) is 39.1 Å². The van der Waals surface area contributed by atoms with Crippen LogP contribution in [0.1, 0.15) is 24.2 Å². The van der Waals surface area contributed by atoms with Crippen LogP contribution in [0, 0.1) is 0 Å². The number of methoxy groups -OCH3 is 1. The summed E-state index contributed by atoms with van der Waals surface area (Å²) in [6.07, 6.45) is 1.77. The van der Waals surface area contributed by atoms with E-state index in [-0.39, 0.29) is 6.04 Å². The Balaban J connectivity index is 2.47. The fourth-order valence-corrected chi connectivity index (χ4v) is 2.18. The molecule has 1 unspecified atom stereocenters. The zero-order valence-corrected chi connectivity index (χ0v) is 11.1. The number of benzene rings is 1. The highest BCUT2D eigenvalue weighted by Gasteiger charge is 2.21. The molecule has 18 heavy (non-hydrogen) atoms. The van der Waals surface area contributed by atoms with E-state index in [4.69, 9.17) is 4.74 Å². The number of aryl methyl sites for hydroxylation is 1.